The Labute approximate surface area is 147 Å². The predicted octanol–water partition coefficient (Wildman–Crippen LogP) is 3.65. The molecule has 0 heterocycles. The molecule has 2 N–H and O–H groups in total. The van der Waals surface area contributed by atoms with Crippen molar-refractivity contribution in [1.82, 2.24) is 0 Å². The largest absolute Gasteiger partial charge is 0.482 e. The van der Waals surface area contributed by atoms with Gasteiger partial charge in [0.05, 0.1) is 0 Å². The first kappa shape index (κ1) is 18.5. The Balaban J connectivity index is 1.92. The molecule has 0 aliphatic carbocycles. The third-order valence-electron chi connectivity index (χ3n) is 3.95. The molecule has 25 heavy (non-hydrogen) atoms. The van der Waals surface area contributed by atoms with Crippen molar-refractivity contribution in [3.63, 3.8) is 0 Å². The van der Waals surface area contributed by atoms with Crippen LogP contribution in [0.4, 0.5) is 5.69 Å². The molecule has 0 saturated carbocycles. The number of rotatable bonds is 7. The Morgan fingerprint density at radius 1 is 1.04 bits per heavy atom. The van der Waals surface area contributed by atoms with Crippen LogP contribution in [-0.2, 0) is 16.0 Å². The van der Waals surface area contributed by atoms with Crippen molar-refractivity contribution in [1.29, 1.82) is 0 Å². The second-order valence-electron chi connectivity index (χ2n) is 6.14. The maximum atomic E-state index is 12.2. The van der Waals surface area contributed by atoms with Crippen molar-refractivity contribution in [2.45, 2.75) is 33.6 Å². The highest BCUT2D eigenvalue weighted by Gasteiger charge is 2.08. The number of aryl methyl sites for hydroxylation is 4. The topological polar surface area (TPSA) is 75.6 Å². The number of hydrogen-bond acceptors (Lipinski definition) is 3. The molecule has 0 spiro atoms. The summed E-state index contributed by atoms with van der Waals surface area (Å²) in [5, 5.41) is 11.5. The van der Waals surface area contributed by atoms with Crippen LogP contribution in [-0.4, -0.2) is 23.6 Å². The van der Waals surface area contributed by atoms with Crippen molar-refractivity contribution in [3.05, 3.63) is 58.7 Å². The minimum Gasteiger partial charge on any atom is -0.482 e. The van der Waals surface area contributed by atoms with Gasteiger partial charge in [-0.05, 0) is 62.1 Å². The van der Waals surface area contributed by atoms with Crippen LogP contribution in [0.1, 0.15) is 28.7 Å². The summed E-state index contributed by atoms with van der Waals surface area (Å²) in [6.45, 7) is 5.56. The minimum absolute atomic E-state index is 0.0534. The zero-order valence-electron chi connectivity index (χ0n) is 14.8. The van der Waals surface area contributed by atoms with E-state index in [9.17, 15) is 9.59 Å². The molecule has 132 valence electrons. The second kappa shape index (κ2) is 8.33. The van der Waals surface area contributed by atoms with E-state index in [1.165, 1.54) is 16.7 Å². The molecule has 2 aromatic rings. The van der Waals surface area contributed by atoms with Crippen LogP contribution < -0.4 is 10.1 Å². The number of anilines is 1. The number of aliphatic carboxylic acids is 1. The molecule has 2 rings (SSSR count). The fourth-order valence-corrected chi connectivity index (χ4v) is 2.60. The molecule has 0 aliphatic rings. The van der Waals surface area contributed by atoms with E-state index in [0.717, 1.165) is 5.56 Å². The number of carbonyl (C=O) groups excluding carboxylic acids is 1. The van der Waals surface area contributed by atoms with E-state index in [1.807, 2.05) is 6.92 Å². The van der Waals surface area contributed by atoms with Gasteiger partial charge in [-0.1, -0.05) is 23.8 Å². The van der Waals surface area contributed by atoms with Gasteiger partial charge in [0.15, 0.2) is 6.61 Å². The Bertz CT molecular complexity index is 783. The normalized spacial score (nSPS) is 10.4. The Hall–Kier alpha value is -2.82. The molecule has 1 amide bonds. The lowest BCUT2D eigenvalue weighted by atomic mass is 10.0. The van der Waals surface area contributed by atoms with Crippen LogP contribution in [0.15, 0.2) is 36.4 Å². The number of nitrogens with one attached hydrogen (secondary N) is 1. The van der Waals surface area contributed by atoms with Gasteiger partial charge in [0.25, 0.3) is 0 Å². The lowest BCUT2D eigenvalue weighted by Gasteiger charge is -2.11. The van der Waals surface area contributed by atoms with Crippen molar-refractivity contribution >= 4 is 17.6 Å². The molecule has 0 aromatic heterocycles. The third kappa shape index (κ3) is 5.64. The molecule has 0 atom stereocenters. The van der Waals surface area contributed by atoms with Crippen LogP contribution in [0, 0.1) is 20.8 Å². The van der Waals surface area contributed by atoms with Gasteiger partial charge in [-0.15, -0.1) is 0 Å². The van der Waals surface area contributed by atoms with Gasteiger partial charge in [-0.2, -0.15) is 0 Å². The summed E-state index contributed by atoms with van der Waals surface area (Å²) in [5.74, 6) is -0.614. The van der Waals surface area contributed by atoms with Gasteiger partial charge in [-0.25, -0.2) is 4.79 Å². The summed E-state index contributed by atoms with van der Waals surface area (Å²) >= 11 is 0. The highest BCUT2D eigenvalue weighted by atomic mass is 16.5. The molecule has 0 bridgehead atoms. The van der Waals surface area contributed by atoms with Gasteiger partial charge in [-0.3, -0.25) is 4.79 Å². The Kier molecular flexibility index (Phi) is 6.17. The molecule has 0 fully saturated rings. The highest BCUT2D eigenvalue weighted by molar-refractivity contribution is 5.91. The zero-order chi connectivity index (χ0) is 18.4. The van der Waals surface area contributed by atoms with Crippen molar-refractivity contribution in [3.8, 4) is 5.75 Å². The smallest absolute Gasteiger partial charge is 0.341 e. The van der Waals surface area contributed by atoms with Crippen LogP contribution in [0.2, 0.25) is 0 Å². The summed E-state index contributed by atoms with van der Waals surface area (Å²) < 4.78 is 5.12. The van der Waals surface area contributed by atoms with Crippen molar-refractivity contribution in [2.24, 2.45) is 0 Å². The van der Waals surface area contributed by atoms with Crippen molar-refractivity contribution in [2.75, 3.05) is 11.9 Å². The number of carboxylic acid groups (broad SMARTS) is 1. The van der Waals surface area contributed by atoms with Crippen LogP contribution >= 0.6 is 0 Å². The first-order chi connectivity index (χ1) is 11.8. The number of carbonyl (C=O) groups is 2. The van der Waals surface area contributed by atoms with Crippen LogP contribution in [0.5, 0.6) is 5.75 Å². The molecule has 0 saturated heterocycles. The third-order valence-corrected chi connectivity index (χ3v) is 3.95. The fourth-order valence-electron chi connectivity index (χ4n) is 2.60. The number of benzene rings is 2. The van der Waals surface area contributed by atoms with Gasteiger partial charge in [0, 0.05) is 12.1 Å². The predicted molar refractivity (Wildman–Crippen MR) is 97.2 cm³/mol. The van der Waals surface area contributed by atoms with E-state index in [4.69, 9.17) is 9.84 Å². The standard InChI is InChI=1S/C20H23NO4/c1-13-4-5-16(14(2)10-13)6-9-19(22)21-18-8-7-17(11-15(18)3)25-12-20(23)24/h4-5,7-8,10-11H,6,9,12H2,1-3H3,(H,21,22)(H,23,24). The summed E-state index contributed by atoms with van der Waals surface area (Å²) in [6.07, 6.45) is 1.09. The monoisotopic (exact) mass is 341 g/mol. The summed E-state index contributed by atoms with van der Waals surface area (Å²) in [6, 6.07) is 11.3. The maximum Gasteiger partial charge on any atom is 0.341 e. The number of amides is 1. The van der Waals surface area contributed by atoms with Gasteiger partial charge >= 0.3 is 5.97 Å². The van der Waals surface area contributed by atoms with E-state index in [-0.39, 0.29) is 12.5 Å². The summed E-state index contributed by atoms with van der Waals surface area (Å²) in [7, 11) is 0. The van der Waals surface area contributed by atoms with Crippen LogP contribution in [0.3, 0.4) is 0 Å². The molecule has 0 radical (unpaired) electrons. The molecule has 0 unspecified atom stereocenters. The Morgan fingerprint density at radius 3 is 2.44 bits per heavy atom. The van der Waals surface area contributed by atoms with Gasteiger partial charge < -0.3 is 15.2 Å². The molecule has 0 aliphatic heterocycles. The van der Waals surface area contributed by atoms with E-state index in [0.29, 0.717) is 24.3 Å². The highest BCUT2D eigenvalue weighted by Crippen LogP contribution is 2.22. The number of hydrogen-bond donors (Lipinski definition) is 2. The molecule has 2 aromatic carbocycles. The SMILES string of the molecule is Cc1ccc(CCC(=O)Nc2ccc(OCC(=O)O)cc2C)c(C)c1. The van der Waals surface area contributed by atoms with Gasteiger partial charge in [0.2, 0.25) is 5.91 Å². The fraction of sp³-hybridized carbons (Fsp3) is 0.300. The average molecular weight is 341 g/mol. The Morgan fingerprint density at radius 2 is 1.80 bits per heavy atom. The van der Waals surface area contributed by atoms with Crippen LogP contribution in [0.25, 0.3) is 0 Å². The molecular weight excluding hydrogens is 318 g/mol. The van der Waals surface area contributed by atoms with E-state index < -0.39 is 5.97 Å². The van der Waals surface area contributed by atoms with Crippen molar-refractivity contribution < 1.29 is 19.4 Å². The molecule has 5 nitrogen and oxygen atoms in total. The zero-order valence-corrected chi connectivity index (χ0v) is 14.8. The second-order valence-corrected chi connectivity index (χ2v) is 6.14. The lowest BCUT2D eigenvalue weighted by Crippen LogP contribution is -2.14. The average Bonchev–Trinajstić information content (AvgIpc) is 2.54. The van der Waals surface area contributed by atoms with E-state index in [2.05, 4.69) is 37.4 Å². The quantitative estimate of drug-likeness (QED) is 0.806. The molecule has 5 heteroatoms. The number of ether oxygens (including phenoxy) is 1. The molecular formula is C20H23NO4. The first-order valence-electron chi connectivity index (χ1n) is 8.16. The lowest BCUT2D eigenvalue weighted by molar-refractivity contribution is -0.139. The van der Waals surface area contributed by atoms with E-state index >= 15 is 0 Å². The maximum absolute atomic E-state index is 12.2. The van der Waals surface area contributed by atoms with Gasteiger partial charge in [0.1, 0.15) is 5.75 Å². The first-order valence-corrected chi connectivity index (χ1v) is 8.16. The number of carboxylic acids is 1. The summed E-state index contributed by atoms with van der Waals surface area (Å²) in [5.41, 5.74) is 5.11. The summed E-state index contributed by atoms with van der Waals surface area (Å²) in [4.78, 5) is 22.7. The van der Waals surface area contributed by atoms with E-state index in [1.54, 1.807) is 18.2 Å². The minimum atomic E-state index is -1.03.